The molecule has 7 heteroatoms. The second-order valence-electron chi connectivity index (χ2n) is 6.00. The molecule has 1 aliphatic carbocycles. The molecule has 0 saturated heterocycles. The first-order valence-electron chi connectivity index (χ1n) is 7.57. The van der Waals surface area contributed by atoms with Crippen LogP contribution in [-0.4, -0.2) is 11.8 Å². The summed E-state index contributed by atoms with van der Waals surface area (Å²) in [5, 5.41) is 2.82. The van der Waals surface area contributed by atoms with E-state index in [1.165, 1.54) is 11.3 Å². The minimum atomic E-state index is -0.829. The molecule has 2 amide bonds. The highest BCUT2D eigenvalue weighted by Gasteiger charge is 2.27. The van der Waals surface area contributed by atoms with Crippen LogP contribution in [-0.2, 0) is 12.8 Å². The van der Waals surface area contributed by atoms with Crippen molar-refractivity contribution in [2.24, 2.45) is 11.7 Å². The Hall–Kier alpha value is -2.28. The van der Waals surface area contributed by atoms with E-state index in [0.717, 1.165) is 47.9 Å². The van der Waals surface area contributed by atoms with Gasteiger partial charge in [0.05, 0.1) is 11.1 Å². The quantitative estimate of drug-likeness (QED) is 0.889. The lowest BCUT2D eigenvalue weighted by Crippen LogP contribution is -2.20. The van der Waals surface area contributed by atoms with Gasteiger partial charge in [-0.25, -0.2) is 8.78 Å². The first-order valence-corrected chi connectivity index (χ1v) is 8.39. The molecule has 0 radical (unpaired) electrons. The van der Waals surface area contributed by atoms with Crippen LogP contribution in [0.3, 0.4) is 0 Å². The van der Waals surface area contributed by atoms with E-state index in [1.807, 2.05) is 0 Å². The zero-order valence-electron chi connectivity index (χ0n) is 13.0. The summed E-state index contributed by atoms with van der Waals surface area (Å²) in [4.78, 5) is 25.1. The van der Waals surface area contributed by atoms with E-state index >= 15 is 0 Å². The van der Waals surface area contributed by atoms with Gasteiger partial charge in [0.25, 0.3) is 11.8 Å². The highest BCUT2D eigenvalue weighted by atomic mass is 32.1. The van der Waals surface area contributed by atoms with Crippen molar-refractivity contribution in [2.45, 2.75) is 26.2 Å². The van der Waals surface area contributed by atoms with Crippen molar-refractivity contribution in [1.29, 1.82) is 0 Å². The van der Waals surface area contributed by atoms with Crippen LogP contribution in [0.5, 0.6) is 0 Å². The number of hydrogen-bond acceptors (Lipinski definition) is 3. The Labute approximate surface area is 141 Å². The number of primary amides is 1. The number of fused-ring (bicyclic) bond motifs is 1. The summed E-state index contributed by atoms with van der Waals surface area (Å²) in [5.74, 6) is -2.49. The molecule has 1 heterocycles. The monoisotopic (exact) mass is 350 g/mol. The van der Waals surface area contributed by atoms with E-state index in [4.69, 9.17) is 5.73 Å². The Morgan fingerprint density at radius 2 is 2.08 bits per heavy atom. The SMILES string of the molecule is CC1CCc2c(sc(NC(=O)c3cc(F)ccc3F)c2C(N)=O)C1. The number of benzene rings is 1. The summed E-state index contributed by atoms with van der Waals surface area (Å²) in [5.41, 5.74) is 6.20. The number of carbonyl (C=O) groups excluding carboxylic acids is 2. The molecule has 2 aromatic rings. The molecule has 24 heavy (non-hydrogen) atoms. The number of rotatable bonds is 3. The van der Waals surface area contributed by atoms with Crippen molar-refractivity contribution in [2.75, 3.05) is 5.32 Å². The number of hydrogen-bond donors (Lipinski definition) is 2. The normalized spacial score (nSPS) is 16.5. The highest BCUT2D eigenvalue weighted by Crippen LogP contribution is 2.39. The van der Waals surface area contributed by atoms with Gasteiger partial charge >= 0.3 is 0 Å². The summed E-state index contributed by atoms with van der Waals surface area (Å²) in [6.07, 6.45) is 2.47. The Morgan fingerprint density at radius 1 is 1.33 bits per heavy atom. The number of thiophene rings is 1. The molecule has 1 unspecified atom stereocenters. The average molecular weight is 350 g/mol. The van der Waals surface area contributed by atoms with E-state index < -0.39 is 29.0 Å². The van der Waals surface area contributed by atoms with Crippen LogP contribution in [0.25, 0.3) is 0 Å². The van der Waals surface area contributed by atoms with Crippen molar-refractivity contribution < 1.29 is 18.4 Å². The van der Waals surface area contributed by atoms with Gasteiger partial charge in [-0.05, 0) is 48.9 Å². The predicted molar refractivity (Wildman–Crippen MR) is 88.3 cm³/mol. The molecular formula is C17H16F2N2O2S. The van der Waals surface area contributed by atoms with Crippen LogP contribution in [0.2, 0.25) is 0 Å². The zero-order valence-corrected chi connectivity index (χ0v) is 13.8. The Balaban J connectivity index is 1.96. The predicted octanol–water partition coefficient (Wildman–Crippen LogP) is 3.50. The third-order valence-electron chi connectivity index (χ3n) is 4.16. The van der Waals surface area contributed by atoms with E-state index in [0.29, 0.717) is 10.9 Å². The third kappa shape index (κ3) is 3.03. The molecule has 4 nitrogen and oxygen atoms in total. The van der Waals surface area contributed by atoms with Gasteiger partial charge in [0.15, 0.2) is 0 Å². The summed E-state index contributed by atoms with van der Waals surface area (Å²) in [7, 11) is 0. The van der Waals surface area contributed by atoms with Gasteiger partial charge in [-0.2, -0.15) is 0 Å². The first kappa shape index (κ1) is 16.6. The lowest BCUT2D eigenvalue weighted by atomic mass is 9.88. The Kier molecular flexibility index (Phi) is 4.36. The van der Waals surface area contributed by atoms with Gasteiger partial charge in [-0.3, -0.25) is 9.59 Å². The molecule has 0 spiro atoms. The van der Waals surface area contributed by atoms with Crippen LogP contribution in [0.1, 0.15) is 44.5 Å². The molecule has 1 atom stereocenters. The number of amides is 2. The summed E-state index contributed by atoms with van der Waals surface area (Å²) in [6, 6.07) is 2.65. The van der Waals surface area contributed by atoms with Crippen molar-refractivity contribution in [3.63, 3.8) is 0 Å². The Morgan fingerprint density at radius 3 is 2.79 bits per heavy atom. The van der Waals surface area contributed by atoms with E-state index in [1.54, 1.807) is 0 Å². The molecular weight excluding hydrogens is 334 g/mol. The van der Waals surface area contributed by atoms with Crippen LogP contribution in [0.4, 0.5) is 13.8 Å². The average Bonchev–Trinajstić information content (AvgIpc) is 2.86. The molecule has 1 aliphatic rings. The molecule has 0 fully saturated rings. The maximum atomic E-state index is 13.7. The largest absolute Gasteiger partial charge is 0.365 e. The van der Waals surface area contributed by atoms with Gasteiger partial charge < -0.3 is 11.1 Å². The molecule has 0 aliphatic heterocycles. The number of nitrogens with two attached hydrogens (primary N) is 1. The summed E-state index contributed by atoms with van der Waals surface area (Å²) in [6.45, 7) is 2.12. The maximum Gasteiger partial charge on any atom is 0.259 e. The standard InChI is InChI=1S/C17H16F2N2O2S/c1-8-2-4-10-13(6-8)24-17(14(10)15(20)22)21-16(23)11-7-9(18)3-5-12(11)19/h3,5,7-8H,2,4,6H2,1H3,(H2,20,22)(H,21,23). The van der Waals surface area contributed by atoms with E-state index in [-0.39, 0.29) is 5.56 Å². The summed E-state index contributed by atoms with van der Waals surface area (Å²) >= 11 is 1.28. The highest BCUT2D eigenvalue weighted by molar-refractivity contribution is 7.17. The fourth-order valence-electron chi connectivity index (χ4n) is 2.94. The van der Waals surface area contributed by atoms with Gasteiger partial charge in [0, 0.05) is 4.88 Å². The molecule has 1 aromatic heterocycles. The summed E-state index contributed by atoms with van der Waals surface area (Å²) < 4.78 is 27.0. The lowest BCUT2D eigenvalue weighted by Gasteiger charge is -2.18. The first-order chi connectivity index (χ1) is 11.4. The van der Waals surface area contributed by atoms with E-state index in [9.17, 15) is 18.4 Å². The van der Waals surface area contributed by atoms with Crippen molar-refractivity contribution in [3.05, 3.63) is 51.4 Å². The smallest absolute Gasteiger partial charge is 0.259 e. The molecule has 1 aromatic carbocycles. The van der Waals surface area contributed by atoms with Gasteiger partial charge in [0.2, 0.25) is 0 Å². The fourth-order valence-corrected chi connectivity index (χ4v) is 4.35. The number of nitrogens with one attached hydrogen (secondary N) is 1. The van der Waals surface area contributed by atoms with Crippen LogP contribution >= 0.6 is 11.3 Å². The zero-order chi connectivity index (χ0) is 17.4. The second kappa shape index (κ2) is 6.32. The molecule has 3 N–H and O–H groups in total. The topological polar surface area (TPSA) is 72.2 Å². The lowest BCUT2D eigenvalue weighted by molar-refractivity contribution is 0.1000. The molecule has 126 valence electrons. The van der Waals surface area contributed by atoms with Crippen molar-refractivity contribution in [1.82, 2.24) is 0 Å². The minimum Gasteiger partial charge on any atom is -0.365 e. The van der Waals surface area contributed by atoms with Crippen molar-refractivity contribution in [3.8, 4) is 0 Å². The third-order valence-corrected chi connectivity index (χ3v) is 5.33. The molecule has 0 saturated carbocycles. The fraction of sp³-hybridized carbons (Fsp3) is 0.294. The number of anilines is 1. The number of carbonyl (C=O) groups is 2. The van der Waals surface area contributed by atoms with Crippen molar-refractivity contribution >= 4 is 28.2 Å². The molecule has 0 bridgehead atoms. The van der Waals surface area contributed by atoms with Gasteiger partial charge in [-0.1, -0.05) is 6.92 Å². The van der Waals surface area contributed by atoms with Gasteiger partial charge in [-0.15, -0.1) is 11.3 Å². The Bertz CT molecular complexity index is 832. The molecule has 3 rings (SSSR count). The van der Waals surface area contributed by atoms with Crippen LogP contribution < -0.4 is 11.1 Å². The minimum absolute atomic E-state index is 0.284. The van der Waals surface area contributed by atoms with E-state index in [2.05, 4.69) is 12.2 Å². The number of halogens is 2. The van der Waals surface area contributed by atoms with Crippen LogP contribution in [0, 0.1) is 17.6 Å². The second-order valence-corrected chi connectivity index (χ2v) is 7.10. The van der Waals surface area contributed by atoms with Crippen LogP contribution in [0.15, 0.2) is 18.2 Å². The van der Waals surface area contributed by atoms with Gasteiger partial charge in [0.1, 0.15) is 16.6 Å². The maximum absolute atomic E-state index is 13.7.